The number of likely N-dealkylation sites (N-methyl/N-ethyl adjacent to an activating group) is 1. The Hall–Kier alpha value is -2.79. The zero-order valence-electron chi connectivity index (χ0n) is 25.2. The van der Waals surface area contributed by atoms with E-state index in [2.05, 4.69) is 91.3 Å². The summed E-state index contributed by atoms with van der Waals surface area (Å²) in [5.74, 6) is 1.99. The number of nitrogens with zero attached hydrogens (tertiary/aromatic N) is 3. The van der Waals surface area contributed by atoms with E-state index in [0.29, 0.717) is 11.8 Å². The van der Waals surface area contributed by atoms with E-state index in [1.54, 1.807) is 7.11 Å². The first kappa shape index (κ1) is 27.4. The molecule has 0 bridgehead atoms. The number of hydrogen-bond acceptors (Lipinski definition) is 4. The van der Waals surface area contributed by atoms with Gasteiger partial charge in [0, 0.05) is 49.4 Å². The van der Waals surface area contributed by atoms with Crippen LogP contribution < -0.4 is 9.64 Å². The zero-order chi connectivity index (χ0) is 28.0. The van der Waals surface area contributed by atoms with Gasteiger partial charge in [0.05, 0.1) is 12.5 Å². The Kier molecular flexibility index (Phi) is 7.45. The number of amides is 1. The molecule has 2 aromatic carbocycles. The summed E-state index contributed by atoms with van der Waals surface area (Å²) in [6, 6.07) is 16.0. The number of ether oxygens (including phenoxy) is 1. The van der Waals surface area contributed by atoms with Crippen LogP contribution in [0.25, 0.3) is 11.6 Å². The molecule has 1 saturated heterocycles. The Balaban J connectivity index is 1.49. The number of fused-ring (bicyclic) bond motifs is 4. The van der Waals surface area contributed by atoms with Crippen molar-refractivity contribution >= 4 is 23.2 Å². The third-order valence-electron chi connectivity index (χ3n) is 10.3. The van der Waals surface area contributed by atoms with E-state index in [1.165, 1.54) is 60.1 Å². The van der Waals surface area contributed by atoms with Crippen molar-refractivity contribution in [3.63, 3.8) is 0 Å². The molecule has 2 saturated carbocycles. The van der Waals surface area contributed by atoms with Gasteiger partial charge in [-0.25, -0.2) is 0 Å². The third-order valence-corrected chi connectivity index (χ3v) is 10.3. The summed E-state index contributed by atoms with van der Waals surface area (Å²) in [5.41, 5.74) is 6.17. The van der Waals surface area contributed by atoms with E-state index in [-0.39, 0.29) is 18.0 Å². The monoisotopic (exact) mass is 541 g/mol. The van der Waals surface area contributed by atoms with E-state index in [9.17, 15) is 4.79 Å². The zero-order valence-corrected chi connectivity index (χ0v) is 25.2. The van der Waals surface area contributed by atoms with Gasteiger partial charge < -0.3 is 19.4 Å². The molecular weight excluding hydrogens is 494 g/mol. The SMILES string of the molecule is COc1ccc2c(c1)C1CC1(C(=O)N1C(C)CCC1CN(C)C)CN(C)c1ccccc1/C(C1CCCCC1)=C/2. The van der Waals surface area contributed by atoms with Crippen LogP contribution in [0.3, 0.4) is 0 Å². The average molecular weight is 542 g/mol. The fourth-order valence-electron chi connectivity index (χ4n) is 8.16. The maximum atomic E-state index is 14.8. The van der Waals surface area contributed by atoms with Gasteiger partial charge in [0.15, 0.2) is 0 Å². The summed E-state index contributed by atoms with van der Waals surface area (Å²) in [7, 11) is 8.20. The number of carbonyl (C=O) groups excluding carboxylic acids is 1. The lowest BCUT2D eigenvalue weighted by atomic mass is 9.78. The highest BCUT2D eigenvalue weighted by atomic mass is 16.5. The van der Waals surface area contributed by atoms with E-state index in [1.807, 2.05) is 0 Å². The highest BCUT2D eigenvalue weighted by Crippen LogP contribution is 2.63. The lowest BCUT2D eigenvalue weighted by Gasteiger charge is -2.37. The quantitative estimate of drug-likeness (QED) is 0.423. The van der Waals surface area contributed by atoms with Crippen molar-refractivity contribution in [3.8, 4) is 5.75 Å². The minimum atomic E-state index is -0.428. The van der Waals surface area contributed by atoms with Crippen molar-refractivity contribution in [2.45, 2.75) is 76.3 Å². The van der Waals surface area contributed by atoms with Crippen LogP contribution in [0.4, 0.5) is 5.69 Å². The molecule has 2 aromatic rings. The number of methoxy groups -OCH3 is 1. The summed E-state index contributed by atoms with van der Waals surface area (Å²) >= 11 is 0. The molecule has 40 heavy (non-hydrogen) atoms. The van der Waals surface area contributed by atoms with Crippen LogP contribution in [0.5, 0.6) is 5.75 Å². The van der Waals surface area contributed by atoms with Gasteiger partial charge in [-0.3, -0.25) is 4.79 Å². The highest BCUT2D eigenvalue weighted by molar-refractivity contribution is 5.93. The van der Waals surface area contributed by atoms with E-state index in [0.717, 1.165) is 38.1 Å². The summed E-state index contributed by atoms with van der Waals surface area (Å²) in [5, 5.41) is 0. The molecule has 5 heteroatoms. The Morgan fingerprint density at radius 1 is 1.05 bits per heavy atom. The molecule has 2 aliphatic heterocycles. The molecule has 214 valence electrons. The molecule has 1 amide bonds. The molecule has 4 unspecified atom stereocenters. The molecule has 2 heterocycles. The van der Waals surface area contributed by atoms with Gasteiger partial charge in [-0.15, -0.1) is 0 Å². The van der Waals surface area contributed by atoms with Gasteiger partial charge >= 0.3 is 0 Å². The predicted molar refractivity (Wildman–Crippen MR) is 165 cm³/mol. The van der Waals surface area contributed by atoms with E-state index >= 15 is 0 Å². The maximum Gasteiger partial charge on any atom is 0.231 e. The summed E-state index contributed by atoms with van der Waals surface area (Å²) in [4.78, 5) is 21.7. The molecule has 4 aliphatic rings. The number of allylic oxidation sites excluding steroid dienone is 1. The van der Waals surface area contributed by atoms with Gasteiger partial charge in [0.25, 0.3) is 0 Å². The second kappa shape index (κ2) is 10.9. The van der Waals surface area contributed by atoms with Crippen molar-refractivity contribution in [2.24, 2.45) is 11.3 Å². The molecule has 4 atom stereocenters. The highest BCUT2D eigenvalue weighted by Gasteiger charge is 2.64. The van der Waals surface area contributed by atoms with Crippen molar-refractivity contribution in [1.82, 2.24) is 9.80 Å². The number of hydrogen-bond donors (Lipinski definition) is 0. The second-order valence-electron chi connectivity index (χ2n) is 13.3. The Bertz CT molecular complexity index is 1280. The number of anilines is 1. The van der Waals surface area contributed by atoms with Gasteiger partial charge in [0.1, 0.15) is 5.75 Å². The molecule has 6 rings (SSSR count). The first-order chi connectivity index (χ1) is 19.3. The van der Waals surface area contributed by atoms with Gasteiger partial charge in [-0.05, 0) is 93.9 Å². The summed E-state index contributed by atoms with van der Waals surface area (Å²) in [6.07, 6.45) is 12.0. The maximum absolute atomic E-state index is 14.8. The van der Waals surface area contributed by atoms with Crippen molar-refractivity contribution < 1.29 is 9.53 Å². The molecular formula is C35H47N3O2. The smallest absolute Gasteiger partial charge is 0.231 e. The first-order valence-electron chi connectivity index (χ1n) is 15.5. The Morgan fingerprint density at radius 3 is 2.58 bits per heavy atom. The van der Waals surface area contributed by atoms with Crippen LogP contribution in [0.2, 0.25) is 0 Å². The van der Waals surface area contributed by atoms with Crippen LogP contribution in [-0.4, -0.2) is 69.1 Å². The van der Waals surface area contributed by atoms with E-state index in [4.69, 9.17) is 4.74 Å². The van der Waals surface area contributed by atoms with Crippen LogP contribution in [0.15, 0.2) is 42.5 Å². The van der Waals surface area contributed by atoms with Crippen LogP contribution in [0.1, 0.15) is 80.9 Å². The van der Waals surface area contributed by atoms with Crippen LogP contribution in [-0.2, 0) is 4.79 Å². The van der Waals surface area contributed by atoms with Crippen LogP contribution >= 0.6 is 0 Å². The Labute approximate surface area is 241 Å². The average Bonchev–Trinajstić information content (AvgIpc) is 3.58. The van der Waals surface area contributed by atoms with Gasteiger partial charge in [0.2, 0.25) is 5.91 Å². The van der Waals surface area contributed by atoms with Crippen molar-refractivity contribution in [2.75, 3.05) is 46.2 Å². The van der Waals surface area contributed by atoms with Crippen LogP contribution in [0, 0.1) is 11.3 Å². The fraction of sp³-hybridized carbons (Fsp3) is 0.571. The molecule has 3 fully saturated rings. The Morgan fingerprint density at radius 2 is 1.82 bits per heavy atom. The molecule has 0 aromatic heterocycles. The predicted octanol–water partition coefficient (Wildman–Crippen LogP) is 6.68. The standard InChI is InChI=1S/C35H47N3O2/c1-24-15-17-27(22-36(2)3)38(24)34(39)35-21-32(35)31-20-28(40-5)18-16-26(31)19-30(25-11-7-6-8-12-25)29-13-9-10-14-33(29)37(4)23-35/h9-10,13-14,16,18-20,24-25,27,32H,6-8,11-12,15,17,21-23H2,1-5H3/b30-19+. The minimum absolute atomic E-state index is 0.189. The molecule has 0 spiro atoms. The van der Waals surface area contributed by atoms with Crippen molar-refractivity contribution in [3.05, 3.63) is 59.2 Å². The lowest BCUT2D eigenvalue weighted by Crippen LogP contribution is -2.50. The molecule has 0 N–H and O–H groups in total. The molecule has 2 aliphatic carbocycles. The minimum Gasteiger partial charge on any atom is -0.497 e. The second-order valence-corrected chi connectivity index (χ2v) is 13.3. The number of likely N-dealkylation sites (tertiary alicyclic amines) is 1. The topological polar surface area (TPSA) is 36.0 Å². The number of rotatable bonds is 5. The molecule has 5 nitrogen and oxygen atoms in total. The van der Waals surface area contributed by atoms with Gasteiger partial charge in [-0.2, -0.15) is 0 Å². The molecule has 0 radical (unpaired) electrons. The first-order valence-corrected chi connectivity index (χ1v) is 15.5. The fourth-order valence-corrected chi connectivity index (χ4v) is 8.16. The lowest BCUT2D eigenvalue weighted by molar-refractivity contribution is -0.139. The number of para-hydroxylation sites is 1. The number of carbonyl (C=O) groups is 1. The largest absolute Gasteiger partial charge is 0.497 e. The third kappa shape index (κ3) is 4.85. The van der Waals surface area contributed by atoms with Crippen molar-refractivity contribution in [1.29, 1.82) is 0 Å². The normalized spacial score (nSPS) is 29.8. The van der Waals surface area contributed by atoms with E-state index < -0.39 is 5.41 Å². The number of benzene rings is 2. The summed E-state index contributed by atoms with van der Waals surface area (Å²) < 4.78 is 5.73. The van der Waals surface area contributed by atoms with Gasteiger partial charge in [-0.1, -0.05) is 49.6 Å². The summed E-state index contributed by atoms with van der Waals surface area (Å²) in [6.45, 7) is 3.91.